The monoisotopic (exact) mass is 362 g/mol. The number of benzene rings is 1. The van der Waals surface area contributed by atoms with Gasteiger partial charge in [-0.1, -0.05) is 13.3 Å². The second kappa shape index (κ2) is 10.9. The first-order valence-electron chi connectivity index (χ1n) is 9.80. The fourth-order valence-corrected chi connectivity index (χ4v) is 3.46. The summed E-state index contributed by atoms with van der Waals surface area (Å²) in [6.45, 7) is 8.64. The second-order valence-electron chi connectivity index (χ2n) is 6.71. The van der Waals surface area contributed by atoms with E-state index < -0.39 is 0 Å². The number of guanidine groups is 1. The van der Waals surface area contributed by atoms with Crippen LogP contribution in [0, 0.1) is 0 Å². The number of likely N-dealkylation sites (tertiary alicyclic amines) is 1. The molecule has 1 aromatic rings. The molecule has 0 spiro atoms. The van der Waals surface area contributed by atoms with Crippen molar-refractivity contribution in [3.63, 3.8) is 0 Å². The molecule has 26 heavy (non-hydrogen) atoms. The van der Waals surface area contributed by atoms with E-state index in [-0.39, 0.29) is 5.75 Å². The smallest absolute Gasteiger partial charge is 0.191 e. The number of aromatic hydroxyl groups is 1. The van der Waals surface area contributed by atoms with E-state index in [1.54, 1.807) is 19.2 Å². The fraction of sp³-hybridized carbons (Fsp3) is 0.650. The van der Waals surface area contributed by atoms with Crippen LogP contribution in [0.1, 0.15) is 45.1 Å². The van der Waals surface area contributed by atoms with Crippen molar-refractivity contribution in [1.82, 2.24) is 15.5 Å². The molecule has 1 unspecified atom stereocenters. The molecule has 6 nitrogen and oxygen atoms in total. The summed E-state index contributed by atoms with van der Waals surface area (Å²) < 4.78 is 5.22. The SMILES string of the molecule is CCNC(=NCc1cc(OC)ccc1O)NCCN1CCCCC1CC. The van der Waals surface area contributed by atoms with Gasteiger partial charge in [0.1, 0.15) is 11.5 Å². The number of hydrogen-bond donors (Lipinski definition) is 3. The van der Waals surface area contributed by atoms with E-state index >= 15 is 0 Å². The molecule has 2 rings (SSSR count). The van der Waals surface area contributed by atoms with Gasteiger partial charge in [-0.05, 0) is 50.9 Å². The van der Waals surface area contributed by atoms with Crippen LogP contribution in [0.25, 0.3) is 0 Å². The lowest BCUT2D eigenvalue weighted by Gasteiger charge is -2.35. The highest BCUT2D eigenvalue weighted by atomic mass is 16.5. The average Bonchev–Trinajstić information content (AvgIpc) is 2.67. The van der Waals surface area contributed by atoms with Crippen LogP contribution < -0.4 is 15.4 Å². The van der Waals surface area contributed by atoms with Gasteiger partial charge in [-0.25, -0.2) is 4.99 Å². The van der Waals surface area contributed by atoms with Gasteiger partial charge in [0.05, 0.1) is 13.7 Å². The Morgan fingerprint density at radius 2 is 2.15 bits per heavy atom. The molecular formula is C20H34N4O2. The van der Waals surface area contributed by atoms with E-state index in [4.69, 9.17) is 4.74 Å². The summed E-state index contributed by atoms with van der Waals surface area (Å²) in [4.78, 5) is 7.19. The molecule has 1 heterocycles. The van der Waals surface area contributed by atoms with Crippen molar-refractivity contribution in [1.29, 1.82) is 0 Å². The molecule has 146 valence electrons. The highest BCUT2D eigenvalue weighted by Gasteiger charge is 2.19. The molecule has 0 aromatic heterocycles. The van der Waals surface area contributed by atoms with Gasteiger partial charge >= 0.3 is 0 Å². The lowest BCUT2D eigenvalue weighted by Crippen LogP contribution is -2.45. The summed E-state index contributed by atoms with van der Waals surface area (Å²) in [6.07, 6.45) is 5.21. The molecule has 1 aliphatic heterocycles. The Balaban J connectivity index is 1.90. The number of aliphatic imine (C=N–C) groups is 1. The zero-order valence-electron chi connectivity index (χ0n) is 16.4. The minimum Gasteiger partial charge on any atom is -0.508 e. The first-order chi connectivity index (χ1) is 12.7. The molecule has 1 fully saturated rings. The standard InChI is InChI=1S/C20H34N4O2/c1-4-17-8-6-7-12-24(17)13-11-22-20(21-5-2)23-15-16-14-18(26-3)9-10-19(16)25/h9-10,14,17,25H,4-8,11-13,15H2,1-3H3,(H2,21,22,23). The van der Waals surface area contributed by atoms with E-state index in [0.717, 1.165) is 42.9 Å². The molecule has 6 heteroatoms. The zero-order chi connectivity index (χ0) is 18.8. The Labute approximate surface area is 157 Å². The largest absolute Gasteiger partial charge is 0.508 e. The number of rotatable bonds is 8. The van der Waals surface area contributed by atoms with Crippen molar-refractivity contribution < 1.29 is 9.84 Å². The van der Waals surface area contributed by atoms with Crippen molar-refractivity contribution in [2.45, 2.75) is 52.1 Å². The molecule has 3 N–H and O–H groups in total. The summed E-state index contributed by atoms with van der Waals surface area (Å²) >= 11 is 0. The number of methoxy groups -OCH3 is 1. The minimum atomic E-state index is 0.240. The van der Waals surface area contributed by atoms with Crippen molar-refractivity contribution in [2.24, 2.45) is 4.99 Å². The molecule has 1 atom stereocenters. The van der Waals surface area contributed by atoms with Crippen molar-refractivity contribution in [2.75, 3.05) is 33.3 Å². The minimum absolute atomic E-state index is 0.240. The second-order valence-corrected chi connectivity index (χ2v) is 6.71. The van der Waals surface area contributed by atoms with Crippen LogP contribution in [0.5, 0.6) is 11.5 Å². The molecular weight excluding hydrogens is 328 g/mol. The third-order valence-electron chi connectivity index (χ3n) is 4.95. The lowest BCUT2D eigenvalue weighted by molar-refractivity contribution is 0.147. The van der Waals surface area contributed by atoms with E-state index in [1.807, 2.05) is 6.07 Å². The Morgan fingerprint density at radius 3 is 2.88 bits per heavy atom. The third kappa shape index (κ3) is 6.09. The molecule has 0 radical (unpaired) electrons. The highest BCUT2D eigenvalue weighted by molar-refractivity contribution is 5.79. The topological polar surface area (TPSA) is 69.1 Å². The number of phenolic OH excluding ortho intramolecular Hbond substituents is 1. The first kappa shape index (κ1) is 20.4. The molecule has 1 aliphatic rings. The van der Waals surface area contributed by atoms with E-state index in [0.29, 0.717) is 6.54 Å². The van der Waals surface area contributed by atoms with Gasteiger partial charge in [0.25, 0.3) is 0 Å². The lowest BCUT2D eigenvalue weighted by atomic mass is 10.0. The maximum Gasteiger partial charge on any atom is 0.191 e. The molecule has 0 aliphatic carbocycles. The van der Waals surface area contributed by atoms with Crippen LogP contribution in [-0.2, 0) is 6.54 Å². The van der Waals surface area contributed by atoms with Crippen LogP contribution in [-0.4, -0.2) is 55.3 Å². The predicted octanol–water partition coefficient (Wildman–Crippen LogP) is 2.72. The summed E-state index contributed by atoms with van der Waals surface area (Å²) in [5.41, 5.74) is 0.753. The highest BCUT2D eigenvalue weighted by Crippen LogP contribution is 2.23. The van der Waals surface area contributed by atoms with Crippen LogP contribution in [0.3, 0.4) is 0 Å². The van der Waals surface area contributed by atoms with Gasteiger partial charge in [0.15, 0.2) is 5.96 Å². The normalized spacial score (nSPS) is 18.6. The predicted molar refractivity (Wildman–Crippen MR) is 107 cm³/mol. The summed E-state index contributed by atoms with van der Waals surface area (Å²) in [5, 5.41) is 16.7. The first-order valence-corrected chi connectivity index (χ1v) is 9.80. The zero-order valence-corrected chi connectivity index (χ0v) is 16.4. The molecule has 1 aromatic carbocycles. The van der Waals surface area contributed by atoms with Crippen molar-refractivity contribution >= 4 is 5.96 Å². The van der Waals surface area contributed by atoms with E-state index in [2.05, 4.69) is 34.4 Å². The van der Waals surface area contributed by atoms with Gasteiger partial charge in [0, 0.05) is 31.2 Å². The summed E-state index contributed by atoms with van der Waals surface area (Å²) in [5.74, 6) is 1.74. The van der Waals surface area contributed by atoms with Crippen molar-refractivity contribution in [3.05, 3.63) is 23.8 Å². The van der Waals surface area contributed by atoms with Gasteiger partial charge in [-0.3, -0.25) is 4.90 Å². The molecule has 1 saturated heterocycles. The summed E-state index contributed by atoms with van der Waals surface area (Å²) in [7, 11) is 1.62. The van der Waals surface area contributed by atoms with Crippen LogP contribution in [0.15, 0.2) is 23.2 Å². The van der Waals surface area contributed by atoms with Crippen LogP contribution in [0.4, 0.5) is 0 Å². The number of nitrogens with zero attached hydrogens (tertiary/aromatic N) is 2. The third-order valence-corrected chi connectivity index (χ3v) is 4.95. The molecule has 0 bridgehead atoms. The van der Waals surface area contributed by atoms with Gasteiger partial charge < -0.3 is 20.5 Å². The van der Waals surface area contributed by atoms with E-state index in [9.17, 15) is 5.11 Å². The number of nitrogens with one attached hydrogen (secondary N) is 2. The summed E-state index contributed by atoms with van der Waals surface area (Å²) in [6, 6.07) is 5.93. The van der Waals surface area contributed by atoms with Crippen LogP contribution in [0.2, 0.25) is 0 Å². The number of hydrogen-bond acceptors (Lipinski definition) is 4. The fourth-order valence-electron chi connectivity index (χ4n) is 3.46. The number of phenols is 1. The Bertz CT molecular complexity index is 577. The number of ether oxygens (including phenoxy) is 1. The Kier molecular flexibility index (Phi) is 8.54. The van der Waals surface area contributed by atoms with E-state index in [1.165, 1.54) is 32.2 Å². The van der Waals surface area contributed by atoms with Gasteiger partial charge in [0.2, 0.25) is 0 Å². The van der Waals surface area contributed by atoms with Crippen LogP contribution >= 0.6 is 0 Å². The Morgan fingerprint density at radius 1 is 1.31 bits per heavy atom. The maximum atomic E-state index is 10.0. The quantitative estimate of drug-likeness (QED) is 0.490. The number of piperidine rings is 1. The van der Waals surface area contributed by atoms with Crippen molar-refractivity contribution in [3.8, 4) is 11.5 Å². The van der Waals surface area contributed by atoms with Gasteiger partial charge in [-0.15, -0.1) is 0 Å². The van der Waals surface area contributed by atoms with Gasteiger partial charge in [-0.2, -0.15) is 0 Å². The molecule has 0 amide bonds. The average molecular weight is 363 g/mol. The Hall–Kier alpha value is -1.95. The molecule has 0 saturated carbocycles. The maximum absolute atomic E-state index is 10.0.